The first kappa shape index (κ1) is 17.1. The monoisotopic (exact) mass is 317 g/mol. The zero-order valence-electron chi connectivity index (χ0n) is 13.2. The van der Waals surface area contributed by atoms with E-state index in [4.69, 9.17) is 0 Å². The minimum Gasteiger partial charge on any atom is -0.371 e. The first-order valence-electron chi connectivity index (χ1n) is 7.96. The molecule has 0 aromatic heterocycles. The van der Waals surface area contributed by atoms with Gasteiger partial charge in [-0.15, -0.1) is 0 Å². The quantitative estimate of drug-likeness (QED) is 0.549. The summed E-state index contributed by atoms with van der Waals surface area (Å²) in [6.45, 7) is 3.06. The first-order chi connectivity index (χ1) is 11.2. The van der Waals surface area contributed by atoms with Crippen LogP contribution in [0.4, 0.5) is 5.69 Å². The number of piperidine rings is 1. The molecule has 124 valence electrons. The molecule has 1 aliphatic heterocycles. The van der Waals surface area contributed by atoms with E-state index in [0.29, 0.717) is 19.5 Å². The second-order valence-corrected chi connectivity index (χ2v) is 5.74. The highest BCUT2D eigenvalue weighted by Crippen LogP contribution is 2.22. The zero-order valence-corrected chi connectivity index (χ0v) is 13.2. The van der Waals surface area contributed by atoms with Gasteiger partial charge in [-0.3, -0.25) is 14.9 Å². The molecule has 1 saturated heterocycles. The lowest BCUT2D eigenvalue weighted by molar-refractivity contribution is -0.125. The fourth-order valence-corrected chi connectivity index (χ4v) is 2.69. The molecule has 1 fully saturated rings. The highest BCUT2D eigenvalue weighted by atomic mass is 16.2. The molecule has 0 unspecified atom stereocenters. The highest BCUT2D eigenvalue weighted by molar-refractivity contribution is 5.85. The number of carbonyl (C=O) groups is 3. The fourth-order valence-electron chi connectivity index (χ4n) is 2.69. The summed E-state index contributed by atoms with van der Waals surface area (Å²) in [5.41, 5.74) is 2.33. The van der Waals surface area contributed by atoms with Gasteiger partial charge < -0.3 is 15.0 Å². The van der Waals surface area contributed by atoms with Crippen LogP contribution >= 0.6 is 0 Å². The lowest BCUT2D eigenvalue weighted by atomic mass is 9.98. The highest BCUT2D eigenvalue weighted by Gasteiger charge is 2.18. The van der Waals surface area contributed by atoms with Crippen molar-refractivity contribution in [1.82, 2.24) is 10.6 Å². The van der Waals surface area contributed by atoms with Gasteiger partial charge in [0.05, 0.1) is 0 Å². The molecule has 23 heavy (non-hydrogen) atoms. The number of nitrogens with zero attached hydrogens (tertiary/aromatic N) is 1. The Bertz CT molecular complexity index is 522. The smallest absolute Gasteiger partial charge is 0.227 e. The third kappa shape index (κ3) is 5.49. The topological polar surface area (TPSA) is 78.5 Å². The maximum atomic E-state index is 11.1. The molecule has 1 heterocycles. The van der Waals surface area contributed by atoms with Gasteiger partial charge >= 0.3 is 0 Å². The lowest BCUT2D eigenvalue weighted by Crippen LogP contribution is -2.34. The minimum absolute atomic E-state index is 0.214. The zero-order chi connectivity index (χ0) is 16.5. The third-order valence-electron chi connectivity index (χ3n) is 4.11. The van der Waals surface area contributed by atoms with Crippen molar-refractivity contribution in [2.75, 3.05) is 24.5 Å². The van der Waals surface area contributed by atoms with Crippen LogP contribution in [-0.4, -0.2) is 38.2 Å². The van der Waals surface area contributed by atoms with Crippen LogP contribution in [0.25, 0.3) is 0 Å². The second kappa shape index (κ2) is 9.05. The van der Waals surface area contributed by atoms with Crippen molar-refractivity contribution in [3.05, 3.63) is 29.8 Å². The van der Waals surface area contributed by atoms with Gasteiger partial charge in [-0.1, -0.05) is 12.1 Å². The van der Waals surface area contributed by atoms with Crippen LogP contribution in [0.3, 0.4) is 0 Å². The van der Waals surface area contributed by atoms with E-state index in [1.54, 1.807) is 0 Å². The van der Waals surface area contributed by atoms with Gasteiger partial charge in [0.15, 0.2) is 0 Å². The molecule has 2 rings (SSSR count). The normalized spacial score (nSPS) is 15.2. The van der Waals surface area contributed by atoms with Crippen LogP contribution < -0.4 is 15.5 Å². The van der Waals surface area contributed by atoms with Gasteiger partial charge in [0, 0.05) is 44.2 Å². The number of anilines is 1. The number of carbonyl (C=O) groups excluding carboxylic acids is 3. The Kier molecular flexibility index (Phi) is 6.75. The molecule has 0 saturated carbocycles. The summed E-state index contributed by atoms with van der Waals surface area (Å²) in [5, 5.41) is 5.28. The fraction of sp³-hybridized carbons (Fsp3) is 0.471. The van der Waals surface area contributed by atoms with Gasteiger partial charge in [-0.2, -0.15) is 0 Å². The minimum atomic E-state index is -0.276. The molecule has 0 aliphatic carbocycles. The predicted molar refractivity (Wildman–Crippen MR) is 88.0 cm³/mol. The van der Waals surface area contributed by atoms with E-state index in [9.17, 15) is 14.4 Å². The number of benzene rings is 1. The summed E-state index contributed by atoms with van der Waals surface area (Å²) >= 11 is 0. The van der Waals surface area contributed by atoms with E-state index in [-0.39, 0.29) is 18.2 Å². The van der Waals surface area contributed by atoms with E-state index in [1.165, 1.54) is 5.69 Å². The van der Waals surface area contributed by atoms with Gasteiger partial charge in [0.25, 0.3) is 0 Å². The van der Waals surface area contributed by atoms with Crippen LogP contribution in [0, 0.1) is 5.92 Å². The van der Waals surface area contributed by atoms with Gasteiger partial charge in [0.1, 0.15) is 6.29 Å². The van der Waals surface area contributed by atoms with E-state index in [0.717, 1.165) is 37.8 Å². The Morgan fingerprint density at radius 2 is 1.87 bits per heavy atom. The molecular formula is C17H23N3O3. The predicted octanol–water partition coefficient (Wildman–Crippen LogP) is 0.854. The Labute approximate surface area is 136 Å². The second-order valence-electron chi connectivity index (χ2n) is 5.74. The van der Waals surface area contributed by atoms with Crippen molar-refractivity contribution in [2.24, 2.45) is 5.92 Å². The van der Waals surface area contributed by atoms with E-state index >= 15 is 0 Å². The largest absolute Gasteiger partial charge is 0.371 e. The molecule has 0 radical (unpaired) electrons. The average Bonchev–Trinajstić information content (AvgIpc) is 2.60. The first-order valence-corrected chi connectivity index (χ1v) is 7.96. The van der Waals surface area contributed by atoms with Crippen LogP contribution in [-0.2, 0) is 20.9 Å². The number of amides is 2. The molecule has 0 spiro atoms. The number of rotatable bonds is 8. The van der Waals surface area contributed by atoms with E-state index in [1.807, 2.05) is 0 Å². The van der Waals surface area contributed by atoms with Crippen molar-refractivity contribution in [2.45, 2.75) is 25.8 Å². The van der Waals surface area contributed by atoms with Gasteiger partial charge in [0.2, 0.25) is 12.3 Å². The Morgan fingerprint density at radius 1 is 1.17 bits per heavy atom. The van der Waals surface area contributed by atoms with E-state index in [2.05, 4.69) is 39.8 Å². The number of nitrogens with one attached hydrogen (secondary N) is 2. The molecule has 1 aromatic rings. The van der Waals surface area contributed by atoms with Crippen LogP contribution in [0.15, 0.2) is 24.3 Å². The molecule has 1 aromatic carbocycles. The molecule has 0 bridgehead atoms. The molecule has 2 N–H and O–H groups in total. The Hall–Kier alpha value is -2.21. The van der Waals surface area contributed by atoms with Crippen LogP contribution in [0.5, 0.6) is 0 Å². The van der Waals surface area contributed by atoms with Crippen LogP contribution in [0.2, 0.25) is 0 Å². The van der Waals surface area contributed by atoms with Crippen molar-refractivity contribution in [3.8, 4) is 0 Å². The number of aldehydes is 1. The number of imide groups is 1. The third-order valence-corrected chi connectivity index (χ3v) is 4.11. The Morgan fingerprint density at radius 3 is 2.48 bits per heavy atom. The summed E-state index contributed by atoms with van der Waals surface area (Å²) in [4.78, 5) is 34.3. The lowest BCUT2D eigenvalue weighted by Gasteiger charge is -2.31. The maximum absolute atomic E-state index is 11.1. The van der Waals surface area contributed by atoms with Gasteiger partial charge in [-0.25, -0.2) is 0 Å². The molecular weight excluding hydrogens is 294 g/mol. The summed E-state index contributed by atoms with van der Waals surface area (Å²) in [7, 11) is 0. The molecule has 6 nitrogen and oxygen atoms in total. The summed E-state index contributed by atoms with van der Waals surface area (Å²) in [6.07, 6.45) is 3.61. The SMILES string of the molecule is O=CNC(=O)CCNCc1ccc(N2CCC(C=O)CC2)cc1. The van der Waals surface area contributed by atoms with Crippen molar-refractivity contribution in [3.63, 3.8) is 0 Å². The molecule has 2 amide bonds. The summed E-state index contributed by atoms with van der Waals surface area (Å²) < 4.78 is 0. The Balaban J connectivity index is 1.73. The standard InChI is InChI=1S/C17H23N3O3/c21-12-15-6-9-20(10-7-15)16-3-1-14(2-4-16)11-18-8-5-17(23)19-13-22/h1-4,12-13,15,18H,5-11H2,(H,19,22,23). The molecule has 0 atom stereocenters. The summed E-state index contributed by atoms with van der Waals surface area (Å²) in [6, 6.07) is 8.33. The number of hydrogen-bond donors (Lipinski definition) is 2. The van der Waals surface area contributed by atoms with Crippen molar-refractivity contribution < 1.29 is 14.4 Å². The van der Waals surface area contributed by atoms with Gasteiger partial charge in [-0.05, 0) is 30.5 Å². The van der Waals surface area contributed by atoms with Crippen molar-refractivity contribution in [1.29, 1.82) is 0 Å². The van der Waals surface area contributed by atoms with Crippen LogP contribution in [0.1, 0.15) is 24.8 Å². The van der Waals surface area contributed by atoms with E-state index < -0.39 is 0 Å². The van der Waals surface area contributed by atoms with Crippen molar-refractivity contribution >= 4 is 24.3 Å². The molecule has 1 aliphatic rings. The average molecular weight is 317 g/mol. The molecule has 6 heteroatoms. The number of hydrogen-bond acceptors (Lipinski definition) is 5. The summed E-state index contributed by atoms with van der Waals surface area (Å²) in [5.74, 6) is -0.0623. The maximum Gasteiger partial charge on any atom is 0.227 e.